The highest BCUT2D eigenvalue weighted by Crippen LogP contribution is 2.37. The number of rotatable bonds is 3. The Hall–Kier alpha value is -0.600. The summed E-state index contributed by atoms with van der Waals surface area (Å²) in [6.07, 6.45) is 2.94. The molecule has 0 aliphatic heterocycles. The van der Waals surface area contributed by atoms with Crippen LogP contribution in [0.1, 0.15) is 40.0 Å². The van der Waals surface area contributed by atoms with E-state index in [9.17, 15) is 8.42 Å². The molecule has 0 amide bonds. The largest absolute Gasteiger partial charge is 0.227 e. The molecule has 1 fully saturated rings. The summed E-state index contributed by atoms with van der Waals surface area (Å²) in [7, 11) is -3.48. The van der Waals surface area contributed by atoms with Crippen molar-refractivity contribution in [1.82, 2.24) is 4.72 Å². The van der Waals surface area contributed by atoms with Crippen LogP contribution in [0.3, 0.4) is 0 Å². The van der Waals surface area contributed by atoms with Crippen LogP contribution >= 0.6 is 0 Å². The molecule has 0 spiro atoms. The molecule has 0 heterocycles. The standard InChI is InChI=1S/C10H18N2O2S/c1-8(7-11)15(13,14)12-9-5-4-6-10(9,2)3/h8-9,12H,4-6H2,1-3H3. The Morgan fingerprint density at radius 2 is 2.13 bits per heavy atom. The fourth-order valence-electron chi connectivity index (χ4n) is 1.91. The smallest absolute Gasteiger partial charge is 0.211 e. The fraction of sp³-hybridized carbons (Fsp3) is 0.900. The monoisotopic (exact) mass is 230 g/mol. The van der Waals surface area contributed by atoms with E-state index in [0.29, 0.717) is 0 Å². The average Bonchev–Trinajstić information content (AvgIpc) is 2.44. The normalized spacial score (nSPS) is 27.2. The first-order valence-corrected chi connectivity index (χ1v) is 6.75. The molecular weight excluding hydrogens is 212 g/mol. The van der Waals surface area contributed by atoms with E-state index in [-0.39, 0.29) is 11.5 Å². The second-order valence-corrected chi connectivity index (χ2v) is 6.90. The van der Waals surface area contributed by atoms with Crippen molar-refractivity contribution in [3.63, 3.8) is 0 Å². The zero-order chi connectivity index (χ0) is 11.7. The number of hydrogen-bond donors (Lipinski definition) is 1. The summed E-state index contributed by atoms with van der Waals surface area (Å²) in [5.41, 5.74) is 0.00223. The molecule has 15 heavy (non-hydrogen) atoms. The van der Waals surface area contributed by atoms with Crippen molar-refractivity contribution in [3.8, 4) is 6.07 Å². The molecule has 4 nitrogen and oxygen atoms in total. The molecule has 1 aliphatic carbocycles. The molecular formula is C10H18N2O2S. The topological polar surface area (TPSA) is 70.0 Å². The van der Waals surface area contributed by atoms with Crippen molar-refractivity contribution in [2.24, 2.45) is 5.41 Å². The van der Waals surface area contributed by atoms with Gasteiger partial charge in [0.1, 0.15) is 0 Å². The Morgan fingerprint density at radius 3 is 2.53 bits per heavy atom. The highest BCUT2D eigenvalue weighted by Gasteiger charge is 2.38. The Morgan fingerprint density at radius 1 is 1.53 bits per heavy atom. The average molecular weight is 230 g/mol. The zero-order valence-electron chi connectivity index (χ0n) is 9.45. The molecule has 0 aromatic rings. The van der Waals surface area contributed by atoms with E-state index in [4.69, 9.17) is 5.26 Å². The molecule has 5 heteroatoms. The summed E-state index contributed by atoms with van der Waals surface area (Å²) < 4.78 is 26.0. The van der Waals surface area contributed by atoms with Gasteiger partial charge in [0.25, 0.3) is 0 Å². The molecule has 86 valence electrons. The summed E-state index contributed by atoms with van der Waals surface area (Å²) in [5, 5.41) is 7.63. The van der Waals surface area contributed by atoms with Gasteiger partial charge in [0.15, 0.2) is 5.25 Å². The van der Waals surface area contributed by atoms with Gasteiger partial charge in [-0.1, -0.05) is 20.3 Å². The minimum Gasteiger partial charge on any atom is -0.211 e. The third-order valence-corrected chi connectivity index (χ3v) is 4.86. The van der Waals surface area contributed by atoms with E-state index < -0.39 is 15.3 Å². The van der Waals surface area contributed by atoms with Gasteiger partial charge in [-0.3, -0.25) is 0 Å². The second-order valence-electron chi connectivity index (χ2n) is 4.87. The second kappa shape index (κ2) is 4.11. The van der Waals surface area contributed by atoms with Crippen LogP contribution in [0.2, 0.25) is 0 Å². The van der Waals surface area contributed by atoms with Gasteiger partial charge in [-0.2, -0.15) is 5.26 Å². The van der Waals surface area contributed by atoms with Crippen LogP contribution in [-0.2, 0) is 10.0 Å². The van der Waals surface area contributed by atoms with E-state index in [2.05, 4.69) is 18.6 Å². The molecule has 0 aromatic heterocycles. The Labute approximate surface area is 91.7 Å². The quantitative estimate of drug-likeness (QED) is 0.796. The maximum Gasteiger partial charge on any atom is 0.227 e. The van der Waals surface area contributed by atoms with Crippen molar-refractivity contribution in [1.29, 1.82) is 5.26 Å². The van der Waals surface area contributed by atoms with Crippen LogP contribution < -0.4 is 4.72 Å². The highest BCUT2D eigenvalue weighted by atomic mass is 32.2. The first-order valence-electron chi connectivity index (χ1n) is 5.20. The lowest BCUT2D eigenvalue weighted by molar-refractivity contribution is 0.312. The van der Waals surface area contributed by atoms with E-state index in [1.807, 2.05) is 0 Å². The van der Waals surface area contributed by atoms with Crippen LogP contribution in [0.4, 0.5) is 0 Å². The van der Waals surface area contributed by atoms with E-state index in [0.717, 1.165) is 19.3 Å². The molecule has 0 aromatic carbocycles. The van der Waals surface area contributed by atoms with Crippen LogP contribution in [-0.4, -0.2) is 19.7 Å². The predicted molar refractivity (Wildman–Crippen MR) is 58.6 cm³/mol. The number of hydrogen-bond acceptors (Lipinski definition) is 3. The highest BCUT2D eigenvalue weighted by molar-refractivity contribution is 7.90. The van der Waals surface area contributed by atoms with E-state index in [1.54, 1.807) is 6.07 Å². The lowest BCUT2D eigenvalue weighted by Gasteiger charge is -2.27. The van der Waals surface area contributed by atoms with E-state index in [1.165, 1.54) is 6.92 Å². The molecule has 1 saturated carbocycles. The van der Waals surface area contributed by atoms with Crippen molar-refractivity contribution in [2.45, 2.75) is 51.3 Å². The van der Waals surface area contributed by atoms with E-state index >= 15 is 0 Å². The summed E-state index contributed by atoms with van der Waals surface area (Å²) in [4.78, 5) is 0. The molecule has 0 radical (unpaired) electrons. The molecule has 1 N–H and O–H groups in total. The summed E-state index contributed by atoms with van der Waals surface area (Å²) in [6.45, 7) is 5.53. The minimum atomic E-state index is -3.48. The molecule has 0 bridgehead atoms. The van der Waals surface area contributed by atoms with Crippen LogP contribution in [0.25, 0.3) is 0 Å². The number of sulfonamides is 1. The zero-order valence-corrected chi connectivity index (χ0v) is 10.3. The third kappa shape index (κ3) is 2.70. The summed E-state index contributed by atoms with van der Waals surface area (Å²) in [5.74, 6) is 0. The molecule has 1 aliphatic rings. The maximum atomic E-state index is 11.7. The predicted octanol–water partition coefficient (Wildman–Crippen LogP) is 1.40. The van der Waals surface area contributed by atoms with Crippen LogP contribution in [0.15, 0.2) is 0 Å². The third-order valence-electron chi connectivity index (χ3n) is 3.21. The maximum absolute atomic E-state index is 11.7. The number of nitrogens with zero attached hydrogens (tertiary/aromatic N) is 1. The van der Waals surface area contributed by atoms with Gasteiger partial charge in [0.05, 0.1) is 6.07 Å². The molecule has 2 atom stereocenters. The van der Waals surface area contributed by atoms with Crippen molar-refractivity contribution >= 4 is 10.0 Å². The van der Waals surface area contributed by atoms with Crippen LogP contribution in [0.5, 0.6) is 0 Å². The van der Waals surface area contributed by atoms with Gasteiger partial charge in [-0.25, -0.2) is 13.1 Å². The van der Waals surface area contributed by atoms with Gasteiger partial charge in [-0.05, 0) is 25.2 Å². The summed E-state index contributed by atoms with van der Waals surface area (Å²) in [6, 6.07) is 1.73. The molecule has 2 unspecified atom stereocenters. The molecule has 1 rings (SSSR count). The van der Waals surface area contributed by atoms with Crippen molar-refractivity contribution in [2.75, 3.05) is 0 Å². The van der Waals surface area contributed by atoms with Gasteiger partial charge < -0.3 is 0 Å². The van der Waals surface area contributed by atoms with Crippen molar-refractivity contribution in [3.05, 3.63) is 0 Å². The number of nitrogens with one attached hydrogen (secondary N) is 1. The van der Waals surface area contributed by atoms with Crippen molar-refractivity contribution < 1.29 is 8.42 Å². The van der Waals surface area contributed by atoms with Gasteiger partial charge >= 0.3 is 0 Å². The van der Waals surface area contributed by atoms with Gasteiger partial charge in [0, 0.05) is 6.04 Å². The Balaban J connectivity index is 2.75. The van der Waals surface area contributed by atoms with Gasteiger partial charge in [0.2, 0.25) is 10.0 Å². The Kier molecular flexibility index (Phi) is 3.41. The van der Waals surface area contributed by atoms with Gasteiger partial charge in [-0.15, -0.1) is 0 Å². The fourth-order valence-corrected chi connectivity index (χ4v) is 3.09. The number of nitriles is 1. The first-order chi connectivity index (χ1) is 6.79. The first kappa shape index (κ1) is 12.5. The van der Waals surface area contributed by atoms with Crippen LogP contribution in [0, 0.1) is 16.7 Å². The summed E-state index contributed by atoms with van der Waals surface area (Å²) >= 11 is 0. The lowest BCUT2D eigenvalue weighted by atomic mass is 9.88. The lowest BCUT2D eigenvalue weighted by Crippen LogP contribution is -2.44. The Bertz CT molecular complexity index is 367. The molecule has 0 saturated heterocycles. The SMILES string of the molecule is CC(C#N)S(=O)(=O)NC1CCCC1(C)C. The minimum absolute atomic E-state index is 0.00223.